The first-order valence-corrected chi connectivity index (χ1v) is 7.18. The number of nitrogens with one attached hydrogen (secondary N) is 2. The zero-order valence-electron chi connectivity index (χ0n) is 10.1. The summed E-state index contributed by atoms with van der Waals surface area (Å²) in [5, 5.41) is 7.11. The fraction of sp³-hybridized carbons (Fsp3) is 0.600. The minimum Gasteiger partial charge on any atom is -0.346 e. The Morgan fingerprint density at radius 3 is 2.83 bits per heavy atom. The molecule has 0 spiro atoms. The van der Waals surface area contributed by atoms with E-state index in [1.807, 2.05) is 20.0 Å². The highest BCUT2D eigenvalue weighted by molar-refractivity contribution is 7.99. The van der Waals surface area contributed by atoms with E-state index in [-0.39, 0.29) is 42.8 Å². The molecule has 0 saturated carbocycles. The van der Waals surface area contributed by atoms with Gasteiger partial charge in [0.1, 0.15) is 5.01 Å². The largest absolute Gasteiger partial charge is 0.346 e. The Bertz CT molecular complexity index is 383. The van der Waals surface area contributed by atoms with Crippen LogP contribution in [0.4, 0.5) is 0 Å². The smallest absolute Gasteiger partial charge is 0.238 e. The highest BCUT2D eigenvalue weighted by Gasteiger charge is 2.24. The average molecular weight is 330 g/mol. The summed E-state index contributed by atoms with van der Waals surface area (Å²) in [6.07, 6.45) is 1.84. The van der Waals surface area contributed by atoms with Crippen LogP contribution in [0, 0.1) is 6.92 Å². The molecular weight excluding hydrogens is 313 g/mol. The van der Waals surface area contributed by atoms with Crippen molar-refractivity contribution in [3.63, 3.8) is 0 Å². The molecule has 18 heavy (non-hydrogen) atoms. The van der Waals surface area contributed by atoms with Gasteiger partial charge < -0.3 is 5.32 Å². The van der Waals surface area contributed by atoms with Crippen molar-refractivity contribution in [1.82, 2.24) is 15.6 Å². The van der Waals surface area contributed by atoms with E-state index in [1.165, 1.54) is 4.88 Å². The average Bonchev–Trinajstić information content (AvgIpc) is 2.87. The number of aromatic nitrogens is 1. The van der Waals surface area contributed by atoms with E-state index in [9.17, 15) is 4.79 Å². The van der Waals surface area contributed by atoms with Crippen molar-refractivity contribution >= 4 is 53.8 Å². The maximum atomic E-state index is 11.8. The van der Waals surface area contributed by atoms with Crippen LogP contribution in [0.25, 0.3) is 0 Å². The molecule has 1 aromatic heterocycles. The van der Waals surface area contributed by atoms with Crippen molar-refractivity contribution in [2.24, 2.45) is 0 Å². The van der Waals surface area contributed by atoms with Gasteiger partial charge in [-0.15, -0.1) is 47.9 Å². The molecule has 1 aliphatic rings. The van der Waals surface area contributed by atoms with Gasteiger partial charge in [-0.25, -0.2) is 4.98 Å². The van der Waals surface area contributed by atoms with E-state index >= 15 is 0 Å². The number of halogens is 2. The zero-order valence-corrected chi connectivity index (χ0v) is 13.4. The third-order valence-corrected chi connectivity index (χ3v) is 4.44. The molecule has 2 atom stereocenters. The molecule has 1 fully saturated rings. The lowest BCUT2D eigenvalue weighted by molar-refractivity contribution is -0.123. The Morgan fingerprint density at radius 2 is 2.33 bits per heavy atom. The van der Waals surface area contributed by atoms with Gasteiger partial charge in [0.2, 0.25) is 5.91 Å². The molecule has 1 saturated heterocycles. The highest BCUT2D eigenvalue weighted by Crippen LogP contribution is 2.19. The molecule has 0 aliphatic carbocycles. The van der Waals surface area contributed by atoms with E-state index in [4.69, 9.17) is 0 Å². The number of aryl methyl sites for hydroxylation is 1. The maximum Gasteiger partial charge on any atom is 0.238 e. The molecule has 4 nitrogen and oxygen atoms in total. The maximum absolute atomic E-state index is 11.8. The van der Waals surface area contributed by atoms with Crippen LogP contribution in [-0.2, 0) is 4.79 Å². The first-order chi connectivity index (χ1) is 7.66. The first kappa shape index (κ1) is 18.0. The van der Waals surface area contributed by atoms with Gasteiger partial charge in [0.05, 0.1) is 12.1 Å². The normalized spacial score (nSPS) is 19.6. The van der Waals surface area contributed by atoms with Crippen molar-refractivity contribution in [2.45, 2.75) is 25.9 Å². The van der Waals surface area contributed by atoms with Crippen LogP contribution in [0.15, 0.2) is 6.20 Å². The van der Waals surface area contributed by atoms with Crippen LogP contribution < -0.4 is 10.6 Å². The summed E-state index contributed by atoms with van der Waals surface area (Å²) in [4.78, 5) is 17.3. The lowest BCUT2D eigenvalue weighted by Gasteiger charge is -2.14. The van der Waals surface area contributed by atoms with E-state index in [1.54, 1.807) is 23.1 Å². The molecule has 1 aliphatic heterocycles. The molecule has 0 aromatic carbocycles. The molecule has 1 amide bonds. The fourth-order valence-electron chi connectivity index (χ4n) is 1.51. The molecule has 0 bridgehead atoms. The second-order valence-electron chi connectivity index (χ2n) is 3.81. The second kappa shape index (κ2) is 8.22. The topological polar surface area (TPSA) is 54.0 Å². The first-order valence-electron chi connectivity index (χ1n) is 5.20. The molecule has 0 radical (unpaired) electrons. The minimum atomic E-state index is -0.0477. The van der Waals surface area contributed by atoms with Gasteiger partial charge in [0.25, 0.3) is 0 Å². The number of thiazole rings is 1. The van der Waals surface area contributed by atoms with Crippen molar-refractivity contribution < 1.29 is 4.79 Å². The second-order valence-corrected chi connectivity index (χ2v) is 6.11. The number of amides is 1. The number of hydrogen-bond acceptors (Lipinski definition) is 5. The number of thioether (sulfide) groups is 1. The van der Waals surface area contributed by atoms with Gasteiger partial charge in [-0.2, -0.15) is 0 Å². The molecular formula is C10H17Cl2N3OS2. The van der Waals surface area contributed by atoms with Crippen molar-refractivity contribution in [1.29, 1.82) is 0 Å². The lowest BCUT2D eigenvalue weighted by Crippen LogP contribution is -2.42. The van der Waals surface area contributed by atoms with Crippen LogP contribution >= 0.6 is 47.9 Å². The Hall–Kier alpha value is -0.0100. The quantitative estimate of drug-likeness (QED) is 0.892. The summed E-state index contributed by atoms with van der Waals surface area (Å²) in [6, 6.07) is -0.0490. The van der Waals surface area contributed by atoms with E-state index in [2.05, 4.69) is 15.6 Å². The summed E-state index contributed by atoms with van der Waals surface area (Å²) in [7, 11) is 0. The Balaban J connectivity index is 0.00000144. The number of nitrogens with zero attached hydrogens (tertiary/aromatic N) is 1. The Labute approximate surface area is 128 Å². The van der Waals surface area contributed by atoms with Gasteiger partial charge >= 0.3 is 0 Å². The Kier molecular flexibility index (Phi) is 8.21. The fourth-order valence-corrected chi connectivity index (χ4v) is 3.23. The summed E-state index contributed by atoms with van der Waals surface area (Å²) >= 11 is 3.38. The molecule has 2 rings (SSSR count). The van der Waals surface area contributed by atoms with Crippen LogP contribution in [0.3, 0.4) is 0 Å². The number of carbonyl (C=O) groups excluding carboxylic acids is 1. The third kappa shape index (κ3) is 4.59. The monoisotopic (exact) mass is 329 g/mol. The zero-order chi connectivity index (χ0) is 11.5. The summed E-state index contributed by atoms with van der Waals surface area (Å²) in [5.41, 5.74) is 0. The van der Waals surface area contributed by atoms with Crippen LogP contribution in [0.1, 0.15) is 22.9 Å². The van der Waals surface area contributed by atoms with Gasteiger partial charge in [-0.3, -0.25) is 10.1 Å². The number of hydrogen-bond donors (Lipinski definition) is 2. The molecule has 104 valence electrons. The Morgan fingerprint density at radius 1 is 1.61 bits per heavy atom. The van der Waals surface area contributed by atoms with Crippen molar-refractivity contribution in [2.75, 3.05) is 11.6 Å². The van der Waals surface area contributed by atoms with Crippen molar-refractivity contribution in [3.8, 4) is 0 Å². The molecule has 2 N–H and O–H groups in total. The van der Waals surface area contributed by atoms with Crippen LogP contribution in [0.2, 0.25) is 0 Å². The van der Waals surface area contributed by atoms with Gasteiger partial charge in [0.15, 0.2) is 0 Å². The molecule has 8 heteroatoms. The van der Waals surface area contributed by atoms with Crippen molar-refractivity contribution in [3.05, 3.63) is 16.1 Å². The van der Waals surface area contributed by atoms with Gasteiger partial charge in [-0.05, 0) is 13.8 Å². The lowest BCUT2D eigenvalue weighted by atomic mass is 10.3. The summed E-state index contributed by atoms with van der Waals surface area (Å²) in [5.74, 6) is 1.79. The summed E-state index contributed by atoms with van der Waals surface area (Å²) < 4.78 is 0. The van der Waals surface area contributed by atoms with Gasteiger partial charge in [0, 0.05) is 22.7 Å². The molecule has 1 aromatic rings. The molecule has 2 unspecified atom stereocenters. The minimum absolute atomic E-state index is 0. The van der Waals surface area contributed by atoms with E-state index in [0.29, 0.717) is 0 Å². The van der Waals surface area contributed by atoms with Gasteiger partial charge in [-0.1, -0.05) is 0 Å². The predicted molar refractivity (Wildman–Crippen MR) is 82.2 cm³/mol. The summed E-state index contributed by atoms with van der Waals surface area (Å²) in [6.45, 7) is 3.99. The highest BCUT2D eigenvalue weighted by atomic mass is 35.5. The number of rotatable bonds is 3. The number of carbonyl (C=O) groups is 1. The molecule has 2 heterocycles. The SMILES string of the molecule is Cc1cnc(C(C)NC(=O)C2CSCN2)s1.Cl.Cl. The van der Waals surface area contributed by atoms with E-state index < -0.39 is 0 Å². The predicted octanol–water partition coefficient (Wildman–Crippen LogP) is 2.13. The van der Waals surface area contributed by atoms with Crippen LogP contribution in [-0.4, -0.2) is 28.6 Å². The third-order valence-electron chi connectivity index (χ3n) is 2.40. The van der Waals surface area contributed by atoms with E-state index in [0.717, 1.165) is 16.6 Å². The van der Waals surface area contributed by atoms with Crippen LogP contribution in [0.5, 0.6) is 0 Å². The standard InChI is InChI=1S/C10H15N3OS2.2ClH/c1-6-3-11-10(16-6)7(2)13-9(14)8-4-15-5-12-8;;/h3,7-8,12H,4-5H2,1-2H3,(H,13,14);2*1H.